The van der Waals surface area contributed by atoms with Gasteiger partial charge in [-0.05, 0) is 24.5 Å². The average Bonchev–Trinajstić information content (AvgIpc) is 2.55. The number of nitrogens with two attached hydrogens (primary N) is 1. The number of hydrogen-bond acceptors (Lipinski definition) is 3. The fourth-order valence-corrected chi connectivity index (χ4v) is 2.93. The molecule has 0 bridgehead atoms. The molecule has 0 aliphatic heterocycles. The summed E-state index contributed by atoms with van der Waals surface area (Å²) in [7, 11) is 3.26. The van der Waals surface area contributed by atoms with Crippen molar-refractivity contribution in [1.82, 2.24) is 0 Å². The second-order valence-corrected chi connectivity index (χ2v) is 5.75. The molecule has 0 unspecified atom stereocenters. The summed E-state index contributed by atoms with van der Waals surface area (Å²) in [6.45, 7) is 0.774. The smallest absolute Gasteiger partial charge is 0.193 e. The number of guanidine groups is 1. The van der Waals surface area contributed by atoms with Crippen molar-refractivity contribution in [3.8, 4) is 11.5 Å². The van der Waals surface area contributed by atoms with Crippen molar-refractivity contribution in [3.63, 3.8) is 0 Å². The van der Waals surface area contributed by atoms with Crippen LogP contribution >= 0.6 is 0 Å². The number of rotatable bonds is 6. The molecule has 3 N–H and O–H groups in total. The van der Waals surface area contributed by atoms with Crippen LogP contribution in [0.3, 0.4) is 0 Å². The number of ether oxygens (including phenoxy) is 2. The number of anilines is 1. The van der Waals surface area contributed by atoms with Gasteiger partial charge in [0, 0.05) is 12.6 Å². The van der Waals surface area contributed by atoms with E-state index in [0.29, 0.717) is 11.7 Å². The zero-order valence-electron chi connectivity index (χ0n) is 13.6. The topological polar surface area (TPSA) is 68.9 Å². The van der Waals surface area contributed by atoms with Crippen molar-refractivity contribution in [2.24, 2.45) is 16.6 Å². The highest BCUT2D eigenvalue weighted by molar-refractivity contribution is 5.93. The van der Waals surface area contributed by atoms with Gasteiger partial charge in [0.05, 0.1) is 19.9 Å². The molecule has 1 aliphatic carbocycles. The van der Waals surface area contributed by atoms with Crippen LogP contribution in [0.2, 0.25) is 0 Å². The minimum atomic E-state index is 0.419. The second-order valence-electron chi connectivity index (χ2n) is 5.75. The Morgan fingerprint density at radius 2 is 2.00 bits per heavy atom. The van der Waals surface area contributed by atoms with E-state index >= 15 is 0 Å². The SMILES string of the molecule is COc1ccc(OC)c(NC(N)=NCCC2CCCCC2)c1. The summed E-state index contributed by atoms with van der Waals surface area (Å²) in [5.41, 5.74) is 6.74. The van der Waals surface area contributed by atoms with Crippen LogP contribution in [-0.4, -0.2) is 26.7 Å². The lowest BCUT2D eigenvalue weighted by Gasteiger charge is -2.20. The van der Waals surface area contributed by atoms with Gasteiger partial charge >= 0.3 is 0 Å². The number of nitrogens with one attached hydrogen (secondary N) is 1. The fourth-order valence-electron chi connectivity index (χ4n) is 2.93. The van der Waals surface area contributed by atoms with Crippen LogP contribution in [0.5, 0.6) is 11.5 Å². The molecule has 1 aromatic carbocycles. The Hall–Kier alpha value is -1.91. The molecule has 1 aliphatic rings. The van der Waals surface area contributed by atoms with E-state index in [0.717, 1.165) is 30.3 Å². The van der Waals surface area contributed by atoms with Crippen molar-refractivity contribution in [3.05, 3.63) is 18.2 Å². The maximum Gasteiger partial charge on any atom is 0.193 e. The molecule has 22 heavy (non-hydrogen) atoms. The van der Waals surface area contributed by atoms with Gasteiger partial charge in [-0.2, -0.15) is 0 Å². The Bertz CT molecular complexity index is 497. The van der Waals surface area contributed by atoms with E-state index in [2.05, 4.69) is 10.3 Å². The van der Waals surface area contributed by atoms with Gasteiger partial charge in [-0.15, -0.1) is 0 Å². The molecule has 1 saturated carbocycles. The number of aliphatic imine (C=N–C) groups is 1. The van der Waals surface area contributed by atoms with E-state index in [9.17, 15) is 0 Å². The highest BCUT2D eigenvalue weighted by Gasteiger charge is 2.12. The molecule has 1 aromatic rings. The molecule has 0 radical (unpaired) electrons. The van der Waals surface area contributed by atoms with Crippen LogP contribution in [0.4, 0.5) is 5.69 Å². The largest absolute Gasteiger partial charge is 0.497 e. The Morgan fingerprint density at radius 1 is 1.23 bits per heavy atom. The minimum Gasteiger partial charge on any atom is -0.497 e. The number of hydrogen-bond donors (Lipinski definition) is 2. The summed E-state index contributed by atoms with van der Waals surface area (Å²) in [5.74, 6) is 2.70. The van der Waals surface area contributed by atoms with Gasteiger partial charge in [0.2, 0.25) is 0 Å². The van der Waals surface area contributed by atoms with Gasteiger partial charge in [-0.1, -0.05) is 32.1 Å². The molecule has 5 nitrogen and oxygen atoms in total. The zero-order valence-corrected chi connectivity index (χ0v) is 13.6. The van der Waals surface area contributed by atoms with Gasteiger partial charge < -0.3 is 20.5 Å². The van der Waals surface area contributed by atoms with Crippen LogP contribution in [0, 0.1) is 5.92 Å². The second kappa shape index (κ2) is 8.51. The highest BCUT2D eigenvalue weighted by atomic mass is 16.5. The summed E-state index contributed by atoms with van der Waals surface area (Å²) >= 11 is 0. The molecule has 0 amide bonds. The van der Waals surface area contributed by atoms with E-state index in [1.165, 1.54) is 32.1 Å². The summed E-state index contributed by atoms with van der Waals surface area (Å²) in [6.07, 6.45) is 7.92. The summed E-state index contributed by atoms with van der Waals surface area (Å²) in [5, 5.41) is 3.10. The molecule has 0 aromatic heterocycles. The fraction of sp³-hybridized carbons (Fsp3) is 0.588. The molecule has 122 valence electrons. The first-order valence-electron chi connectivity index (χ1n) is 8.02. The predicted molar refractivity (Wildman–Crippen MR) is 90.9 cm³/mol. The lowest BCUT2D eigenvalue weighted by Crippen LogP contribution is -2.23. The first-order chi connectivity index (χ1) is 10.7. The molecule has 0 atom stereocenters. The quantitative estimate of drug-likeness (QED) is 0.624. The molecular formula is C17H27N3O2. The number of benzene rings is 1. The third-order valence-electron chi connectivity index (χ3n) is 4.21. The molecule has 0 spiro atoms. The standard InChI is InChI=1S/C17H27N3O2/c1-21-14-8-9-16(22-2)15(12-14)20-17(18)19-11-10-13-6-4-3-5-7-13/h8-9,12-13H,3-7,10-11H2,1-2H3,(H3,18,19,20). The van der Waals surface area contributed by atoms with Gasteiger partial charge in [0.1, 0.15) is 11.5 Å². The van der Waals surface area contributed by atoms with Crippen LogP contribution in [0.25, 0.3) is 0 Å². The van der Waals surface area contributed by atoms with Crippen molar-refractivity contribution in [1.29, 1.82) is 0 Å². The van der Waals surface area contributed by atoms with Crippen LogP contribution in [0.1, 0.15) is 38.5 Å². The Balaban J connectivity index is 1.89. The Morgan fingerprint density at radius 3 is 2.68 bits per heavy atom. The minimum absolute atomic E-state index is 0.419. The maximum atomic E-state index is 5.98. The van der Waals surface area contributed by atoms with E-state index in [1.807, 2.05) is 18.2 Å². The van der Waals surface area contributed by atoms with Gasteiger partial charge in [0.15, 0.2) is 5.96 Å². The molecule has 5 heteroatoms. The summed E-state index contributed by atoms with van der Waals surface area (Å²) in [4.78, 5) is 4.43. The zero-order chi connectivity index (χ0) is 15.8. The van der Waals surface area contributed by atoms with Crippen molar-refractivity contribution >= 4 is 11.6 Å². The first-order valence-corrected chi connectivity index (χ1v) is 8.02. The average molecular weight is 305 g/mol. The van der Waals surface area contributed by atoms with Gasteiger partial charge in [-0.25, -0.2) is 0 Å². The first kappa shape index (κ1) is 16.5. The van der Waals surface area contributed by atoms with E-state index in [1.54, 1.807) is 14.2 Å². The molecular weight excluding hydrogens is 278 g/mol. The molecule has 0 saturated heterocycles. The lowest BCUT2D eigenvalue weighted by atomic mass is 9.87. The third-order valence-corrected chi connectivity index (χ3v) is 4.21. The van der Waals surface area contributed by atoms with Gasteiger partial charge in [-0.3, -0.25) is 4.99 Å². The summed E-state index contributed by atoms with van der Waals surface area (Å²) in [6, 6.07) is 5.54. The normalized spacial score (nSPS) is 16.4. The summed E-state index contributed by atoms with van der Waals surface area (Å²) < 4.78 is 10.5. The molecule has 2 rings (SSSR count). The molecule has 1 fully saturated rings. The van der Waals surface area contributed by atoms with Crippen molar-refractivity contribution in [2.45, 2.75) is 38.5 Å². The predicted octanol–water partition coefficient (Wildman–Crippen LogP) is 3.40. The maximum absolute atomic E-state index is 5.98. The number of methoxy groups -OCH3 is 2. The van der Waals surface area contributed by atoms with Gasteiger partial charge in [0.25, 0.3) is 0 Å². The Kier molecular flexibility index (Phi) is 6.37. The van der Waals surface area contributed by atoms with Crippen LogP contribution in [-0.2, 0) is 0 Å². The van der Waals surface area contributed by atoms with Crippen molar-refractivity contribution in [2.75, 3.05) is 26.1 Å². The highest BCUT2D eigenvalue weighted by Crippen LogP contribution is 2.29. The monoisotopic (exact) mass is 305 g/mol. The van der Waals surface area contributed by atoms with Crippen LogP contribution < -0.4 is 20.5 Å². The molecule has 0 heterocycles. The lowest BCUT2D eigenvalue weighted by molar-refractivity contribution is 0.343. The van der Waals surface area contributed by atoms with E-state index in [-0.39, 0.29) is 0 Å². The van der Waals surface area contributed by atoms with E-state index in [4.69, 9.17) is 15.2 Å². The third kappa shape index (κ3) is 4.83. The Labute approximate surface area is 132 Å². The van der Waals surface area contributed by atoms with Crippen LogP contribution in [0.15, 0.2) is 23.2 Å². The number of nitrogens with zero attached hydrogens (tertiary/aromatic N) is 1. The van der Waals surface area contributed by atoms with Crippen molar-refractivity contribution < 1.29 is 9.47 Å². The van der Waals surface area contributed by atoms with E-state index < -0.39 is 0 Å².